The Hall–Kier alpha value is -0.551. The van der Waals surface area contributed by atoms with Crippen molar-refractivity contribution in [3.05, 3.63) is 29.8 Å². The van der Waals surface area contributed by atoms with Gasteiger partial charge >= 0.3 is 5.97 Å². The fraction of sp³-hybridized carbons (Fsp3) is 0.364. The molecule has 0 unspecified atom stereocenters. The van der Waals surface area contributed by atoms with E-state index in [4.69, 9.17) is 4.74 Å². The van der Waals surface area contributed by atoms with Gasteiger partial charge in [-0.2, -0.15) is 0 Å². The summed E-state index contributed by atoms with van der Waals surface area (Å²) in [6.07, 6.45) is 0. The van der Waals surface area contributed by atoms with Crippen molar-refractivity contribution in [1.29, 1.82) is 0 Å². The molecule has 4 heteroatoms. The van der Waals surface area contributed by atoms with Crippen molar-refractivity contribution in [3.63, 3.8) is 0 Å². The van der Waals surface area contributed by atoms with Crippen molar-refractivity contribution < 1.29 is 9.53 Å². The maximum Gasteiger partial charge on any atom is 0.343 e. The molecule has 0 fully saturated rings. The third kappa shape index (κ3) is 3.50. The molecule has 0 aromatic heterocycles. The summed E-state index contributed by atoms with van der Waals surface area (Å²) in [4.78, 5) is 11.4. The monoisotopic (exact) mass is 314 g/mol. The molecule has 0 aliphatic carbocycles. The minimum atomic E-state index is -0.284. The van der Waals surface area contributed by atoms with Gasteiger partial charge in [0, 0.05) is 30.0 Å². The van der Waals surface area contributed by atoms with E-state index in [0.29, 0.717) is 10.0 Å². The van der Waals surface area contributed by atoms with E-state index >= 15 is 0 Å². The van der Waals surface area contributed by atoms with Gasteiger partial charge in [0.1, 0.15) is 11.3 Å². The Bertz CT molecular complexity index is 345. The van der Waals surface area contributed by atoms with Crippen LogP contribution in [-0.2, 0) is 4.74 Å². The van der Waals surface area contributed by atoms with Crippen LogP contribution in [0.25, 0.3) is 0 Å². The van der Waals surface area contributed by atoms with Gasteiger partial charge in [-0.05, 0) is 6.07 Å². The van der Waals surface area contributed by atoms with Crippen LogP contribution in [0, 0.1) is 0 Å². The summed E-state index contributed by atoms with van der Waals surface area (Å²) in [6, 6.07) is 7.48. The zero-order valence-corrected chi connectivity index (χ0v) is 12.4. The second kappa shape index (κ2) is 5.51. The summed E-state index contributed by atoms with van der Waals surface area (Å²) in [5.41, 5.74) is 1.59. The number of ether oxygens (including phenoxy) is 1. The number of benzene rings is 1. The van der Waals surface area contributed by atoms with Crippen LogP contribution < -0.4 is 4.48 Å². The van der Waals surface area contributed by atoms with Gasteiger partial charge in [0.05, 0.1) is 28.3 Å². The topological polar surface area (TPSA) is 26.3 Å². The van der Waals surface area contributed by atoms with Crippen LogP contribution in [0.2, 0.25) is 0 Å². The van der Waals surface area contributed by atoms with Gasteiger partial charge in [0.15, 0.2) is 0 Å². The number of methoxy groups -OCH3 is 1. The van der Waals surface area contributed by atoms with Crippen LogP contribution in [0.5, 0.6) is 0 Å². The first kappa shape index (κ1) is 14.4. The molecule has 15 heavy (non-hydrogen) atoms. The summed E-state index contributed by atoms with van der Waals surface area (Å²) in [7, 11) is 7.44. The number of carbonyl (C=O) groups is 1. The molecule has 1 rings (SSSR count). The Morgan fingerprint density at radius 1 is 1.20 bits per heavy atom. The average Bonchev–Trinajstić information content (AvgIpc) is 2.15. The summed E-state index contributed by atoms with van der Waals surface area (Å²) in [5.74, 6) is -0.284. The van der Waals surface area contributed by atoms with E-state index < -0.39 is 0 Å². The largest absolute Gasteiger partial charge is 0.465 e. The molecule has 0 bridgehead atoms. The summed E-state index contributed by atoms with van der Waals surface area (Å²) >= 11 is 0. The summed E-state index contributed by atoms with van der Waals surface area (Å²) < 4.78 is 5.33. The molecule has 0 aliphatic rings. The second-order valence-electron chi connectivity index (χ2n) is 4.02. The SMILES string of the molecule is COC(=O)c1ccccc1[N+](C)(C)C.[Sn]. The molecule has 0 N–H and O–H groups in total. The number of nitrogens with zero attached hydrogens (tertiary/aromatic N) is 1. The Morgan fingerprint density at radius 3 is 2.20 bits per heavy atom. The first-order valence-corrected chi connectivity index (χ1v) is 4.46. The van der Waals surface area contributed by atoms with E-state index in [2.05, 4.69) is 0 Å². The molecule has 1 aromatic carbocycles. The number of rotatable bonds is 2. The Balaban J connectivity index is 0.00000196. The number of para-hydroxylation sites is 1. The van der Waals surface area contributed by atoms with Crippen molar-refractivity contribution in [2.45, 2.75) is 0 Å². The molecule has 0 atom stereocenters. The van der Waals surface area contributed by atoms with Crippen molar-refractivity contribution in [2.75, 3.05) is 28.3 Å². The molecule has 0 saturated carbocycles. The molecular formula is C11H16NO2Sn+. The van der Waals surface area contributed by atoms with Crippen LogP contribution in [0.3, 0.4) is 0 Å². The van der Waals surface area contributed by atoms with Crippen molar-refractivity contribution >= 4 is 35.6 Å². The van der Waals surface area contributed by atoms with Gasteiger partial charge in [-0.1, -0.05) is 12.1 Å². The zero-order valence-electron chi connectivity index (χ0n) is 9.57. The van der Waals surface area contributed by atoms with Crippen LogP contribution in [-0.4, -0.2) is 58.1 Å². The van der Waals surface area contributed by atoms with E-state index in [9.17, 15) is 4.79 Å². The van der Waals surface area contributed by atoms with Gasteiger partial charge in [0.2, 0.25) is 0 Å². The predicted octanol–water partition coefficient (Wildman–Crippen LogP) is 1.29. The number of hydrogen-bond donors (Lipinski definition) is 0. The summed E-state index contributed by atoms with van der Waals surface area (Å²) in [5, 5.41) is 0. The first-order chi connectivity index (χ1) is 6.46. The molecule has 4 radical (unpaired) electrons. The van der Waals surface area contributed by atoms with Crippen LogP contribution in [0.4, 0.5) is 5.69 Å². The Labute approximate surface area is 108 Å². The third-order valence-electron chi connectivity index (χ3n) is 2.03. The van der Waals surface area contributed by atoms with Crippen molar-refractivity contribution in [1.82, 2.24) is 4.48 Å². The quantitative estimate of drug-likeness (QED) is 0.467. The molecule has 0 amide bonds. The van der Waals surface area contributed by atoms with Gasteiger partial charge < -0.3 is 4.74 Å². The molecule has 1 aromatic rings. The normalized spacial score (nSPS) is 10.4. The molecule has 80 valence electrons. The van der Waals surface area contributed by atoms with E-state index in [1.165, 1.54) is 7.11 Å². The molecule has 0 heterocycles. The number of carbonyl (C=O) groups excluding carboxylic acids is 1. The third-order valence-corrected chi connectivity index (χ3v) is 2.03. The molecule has 0 spiro atoms. The maximum absolute atomic E-state index is 11.4. The molecule has 0 saturated heterocycles. The average molecular weight is 313 g/mol. The standard InChI is InChI=1S/C11H16NO2.Sn/c1-12(2,3)10-8-6-5-7-9(10)11(13)14-4;/h5-8H,1-4H3;/q+1;. The van der Waals surface area contributed by atoms with E-state index in [1.807, 2.05) is 39.3 Å². The van der Waals surface area contributed by atoms with Crippen LogP contribution in [0.1, 0.15) is 10.4 Å². The smallest absolute Gasteiger partial charge is 0.343 e. The number of hydrogen-bond acceptors (Lipinski definition) is 2. The maximum atomic E-state index is 11.4. The Kier molecular flexibility index (Phi) is 5.31. The van der Waals surface area contributed by atoms with E-state index in [-0.39, 0.29) is 29.9 Å². The minimum Gasteiger partial charge on any atom is -0.465 e. The van der Waals surface area contributed by atoms with E-state index in [1.54, 1.807) is 6.07 Å². The van der Waals surface area contributed by atoms with E-state index in [0.717, 1.165) is 5.69 Å². The predicted molar refractivity (Wildman–Crippen MR) is 63.1 cm³/mol. The second-order valence-corrected chi connectivity index (χ2v) is 4.02. The molecule has 0 aliphatic heterocycles. The first-order valence-electron chi connectivity index (χ1n) is 4.46. The van der Waals surface area contributed by atoms with Gasteiger partial charge in [0.25, 0.3) is 0 Å². The minimum absolute atomic E-state index is 0. The van der Waals surface area contributed by atoms with Gasteiger partial charge in [-0.3, -0.25) is 4.48 Å². The summed E-state index contributed by atoms with van der Waals surface area (Å²) in [6.45, 7) is 0. The van der Waals surface area contributed by atoms with Crippen molar-refractivity contribution in [3.8, 4) is 0 Å². The van der Waals surface area contributed by atoms with Crippen LogP contribution >= 0.6 is 0 Å². The fourth-order valence-electron chi connectivity index (χ4n) is 1.34. The molecular weight excluding hydrogens is 297 g/mol. The number of esters is 1. The van der Waals surface area contributed by atoms with Crippen LogP contribution in [0.15, 0.2) is 24.3 Å². The zero-order chi connectivity index (χ0) is 10.8. The molecule has 3 nitrogen and oxygen atoms in total. The van der Waals surface area contributed by atoms with Crippen molar-refractivity contribution in [2.24, 2.45) is 0 Å². The van der Waals surface area contributed by atoms with Gasteiger partial charge in [-0.25, -0.2) is 4.79 Å². The number of quaternary nitrogens is 1. The van der Waals surface area contributed by atoms with Gasteiger partial charge in [-0.15, -0.1) is 0 Å². The fourth-order valence-corrected chi connectivity index (χ4v) is 1.34. The Morgan fingerprint density at radius 2 is 1.73 bits per heavy atom.